The molecule has 1 aromatic heterocycles. The number of aromatic nitrogens is 2. The first-order valence-corrected chi connectivity index (χ1v) is 6.31. The molecule has 0 fully saturated rings. The van der Waals surface area contributed by atoms with Crippen molar-refractivity contribution in [3.05, 3.63) is 40.7 Å². The number of halogens is 1. The third-order valence-corrected chi connectivity index (χ3v) is 3.17. The summed E-state index contributed by atoms with van der Waals surface area (Å²) in [7, 11) is 1.90. The predicted octanol–water partition coefficient (Wildman–Crippen LogP) is 3.51. The van der Waals surface area contributed by atoms with Crippen LogP contribution in [0, 0.1) is 0 Å². The Labute approximate surface area is 111 Å². The van der Waals surface area contributed by atoms with Crippen LogP contribution >= 0.6 is 11.6 Å². The molecule has 0 atom stereocenters. The van der Waals surface area contributed by atoms with Crippen molar-refractivity contribution in [2.24, 2.45) is 7.05 Å². The molecule has 0 radical (unpaired) electrons. The molecule has 0 unspecified atom stereocenters. The number of nitrogens with zero attached hydrogens (tertiary/aromatic N) is 2. The van der Waals surface area contributed by atoms with Crippen molar-refractivity contribution in [1.82, 2.24) is 9.78 Å². The van der Waals surface area contributed by atoms with Crippen molar-refractivity contribution < 1.29 is 4.79 Å². The van der Waals surface area contributed by atoms with E-state index in [1.807, 2.05) is 25.4 Å². The topological polar surface area (TPSA) is 34.9 Å². The summed E-state index contributed by atoms with van der Waals surface area (Å²) in [4.78, 5) is 10.9. The Morgan fingerprint density at radius 1 is 1.44 bits per heavy atom. The highest BCUT2D eigenvalue weighted by atomic mass is 35.5. The molecule has 94 valence electrons. The monoisotopic (exact) mass is 262 g/mol. The van der Waals surface area contributed by atoms with Crippen LogP contribution < -0.4 is 0 Å². The van der Waals surface area contributed by atoms with Gasteiger partial charge in [-0.2, -0.15) is 5.10 Å². The summed E-state index contributed by atoms with van der Waals surface area (Å²) in [5.74, 6) is 0. The van der Waals surface area contributed by atoms with Gasteiger partial charge in [-0.05, 0) is 24.1 Å². The van der Waals surface area contributed by atoms with Crippen LogP contribution in [0.25, 0.3) is 11.1 Å². The predicted molar refractivity (Wildman–Crippen MR) is 73.0 cm³/mol. The minimum Gasteiger partial charge on any atom is -0.298 e. The van der Waals surface area contributed by atoms with Gasteiger partial charge in [-0.3, -0.25) is 9.48 Å². The van der Waals surface area contributed by atoms with Crippen molar-refractivity contribution in [2.75, 3.05) is 0 Å². The summed E-state index contributed by atoms with van der Waals surface area (Å²) >= 11 is 5.94. The van der Waals surface area contributed by atoms with Crippen LogP contribution in [0.2, 0.25) is 5.02 Å². The van der Waals surface area contributed by atoms with Gasteiger partial charge in [0.1, 0.15) is 0 Å². The van der Waals surface area contributed by atoms with Crippen molar-refractivity contribution in [3.63, 3.8) is 0 Å². The molecule has 0 saturated carbocycles. The average Bonchev–Trinajstić information content (AvgIpc) is 2.71. The van der Waals surface area contributed by atoms with Gasteiger partial charge in [-0.15, -0.1) is 0 Å². The van der Waals surface area contributed by atoms with Crippen LogP contribution in [0.15, 0.2) is 24.4 Å². The first kappa shape index (κ1) is 12.8. The second-order valence-corrected chi connectivity index (χ2v) is 4.67. The lowest BCUT2D eigenvalue weighted by atomic mass is 10.0. The Morgan fingerprint density at radius 2 is 2.22 bits per heavy atom. The van der Waals surface area contributed by atoms with Crippen LogP contribution in [0.3, 0.4) is 0 Å². The van der Waals surface area contributed by atoms with Gasteiger partial charge in [-0.25, -0.2) is 0 Å². The Hall–Kier alpha value is -1.61. The van der Waals surface area contributed by atoms with E-state index in [-0.39, 0.29) is 0 Å². The molecule has 0 N–H and O–H groups in total. The molecule has 0 amide bonds. The lowest BCUT2D eigenvalue weighted by Crippen LogP contribution is -1.91. The number of aldehydes is 1. The van der Waals surface area contributed by atoms with E-state index in [1.165, 1.54) is 0 Å². The van der Waals surface area contributed by atoms with Crippen LogP contribution in [0.5, 0.6) is 0 Å². The summed E-state index contributed by atoms with van der Waals surface area (Å²) in [6.07, 6.45) is 4.72. The van der Waals surface area contributed by atoms with Gasteiger partial charge in [0.25, 0.3) is 0 Å². The zero-order valence-electron chi connectivity index (χ0n) is 10.5. The fourth-order valence-electron chi connectivity index (χ4n) is 2.00. The summed E-state index contributed by atoms with van der Waals surface area (Å²) in [5, 5.41) is 4.93. The molecule has 2 rings (SSSR count). The maximum Gasteiger partial charge on any atom is 0.151 e. The molecule has 0 saturated heterocycles. The minimum atomic E-state index is 0.481. The largest absolute Gasteiger partial charge is 0.298 e. The molecular weight excluding hydrogens is 248 g/mol. The second-order valence-electron chi connectivity index (χ2n) is 4.27. The van der Waals surface area contributed by atoms with Gasteiger partial charge >= 0.3 is 0 Å². The maximum atomic E-state index is 10.9. The van der Waals surface area contributed by atoms with Crippen LogP contribution in [-0.2, 0) is 13.5 Å². The van der Waals surface area contributed by atoms with Crippen LogP contribution in [-0.4, -0.2) is 16.1 Å². The van der Waals surface area contributed by atoms with Gasteiger partial charge in [0.15, 0.2) is 6.29 Å². The van der Waals surface area contributed by atoms with Gasteiger partial charge in [-0.1, -0.05) is 31.0 Å². The van der Waals surface area contributed by atoms with E-state index in [0.717, 1.165) is 35.9 Å². The second kappa shape index (κ2) is 5.36. The minimum absolute atomic E-state index is 0.481. The lowest BCUT2D eigenvalue weighted by Gasteiger charge is -2.03. The summed E-state index contributed by atoms with van der Waals surface area (Å²) in [6, 6.07) is 5.49. The molecule has 2 aromatic rings. The summed E-state index contributed by atoms with van der Waals surface area (Å²) in [6.45, 7) is 2.12. The smallest absolute Gasteiger partial charge is 0.151 e. The first-order chi connectivity index (χ1) is 8.65. The molecular formula is C14H15ClN2O. The number of aryl methyl sites for hydroxylation is 2. The normalized spacial score (nSPS) is 10.6. The molecule has 1 heterocycles. The van der Waals surface area contributed by atoms with Gasteiger partial charge in [0.2, 0.25) is 0 Å². The quantitative estimate of drug-likeness (QED) is 0.791. The number of hydrogen-bond acceptors (Lipinski definition) is 2. The van der Waals surface area contributed by atoms with Crippen molar-refractivity contribution in [2.45, 2.75) is 19.8 Å². The molecule has 3 nitrogen and oxygen atoms in total. The van der Waals surface area contributed by atoms with E-state index in [1.54, 1.807) is 10.7 Å². The molecule has 4 heteroatoms. The first-order valence-electron chi connectivity index (χ1n) is 5.93. The molecule has 0 spiro atoms. The average molecular weight is 263 g/mol. The van der Waals surface area contributed by atoms with Crippen molar-refractivity contribution in [3.8, 4) is 11.1 Å². The van der Waals surface area contributed by atoms with Crippen LogP contribution in [0.1, 0.15) is 29.4 Å². The van der Waals surface area contributed by atoms with Crippen LogP contribution in [0.4, 0.5) is 0 Å². The Bertz CT molecular complexity index is 575. The third kappa shape index (κ3) is 2.46. The standard InChI is InChI=1S/C14H15ClN2O/c1-3-4-14-12(8-17(2)16-14)10-5-6-13(15)11(7-10)9-18/h5-9H,3-4H2,1-2H3. The van der Waals surface area contributed by atoms with E-state index in [9.17, 15) is 4.79 Å². The Morgan fingerprint density at radius 3 is 2.89 bits per heavy atom. The third-order valence-electron chi connectivity index (χ3n) is 2.83. The molecule has 0 aliphatic heterocycles. The summed E-state index contributed by atoms with van der Waals surface area (Å²) in [5.41, 5.74) is 3.62. The fraction of sp³-hybridized carbons (Fsp3) is 0.286. The molecule has 0 aliphatic rings. The van der Waals surface area contributed by atoms with Gasteiger partial charge in [0, 0.05) is 24.4 Å². The zero-order chi connectivity index (χ0) is 13.1. The molecule has 0 aliphatic carbocycles. The number of rotatable bonds is 4. The van der Waals surface area contributed by atoms with Crippen molar-refractivity contribution in [1.29, 1.82) is 0 Å². The van der Waals surface area contributed by atoms with Gasteiger partial charge in [0.05, 0.1) is 10.7 Å². The highest BCUT2D eigenvalue weighted by molar-refractivity contribution is 6.33. The van der Waals surface area contributed by atoms with E-state index in [0.29, 0.717) is 10.6 Å². The van der Waals surface area contributed by atoms with Crippen molar-refractivity contribution >= 4 is 17.9 Å². The number of carbonyl (C=O) groups is 1. The van der Waals surface area contributed by atoms with E-state index < -0.39 is 0 Å². The molecule has 1 aromatic carbocycles. The van der Waals surface area contributed by atoms with Gasteiger partial charge < -0.3 is 0 Å². The molecule has 0 bridgehead atoms. The number of hydrogen-bond donors (Lipinski definition) is 0. The van der Waals surface area contributed by atoms with E-state index >= 15 is 0 Å². The maximum absolute atomic E-state index is 10.9. The number of carbonyl (C=O) groups excluding carboxylic acids is 1. The SMILES string of the molecule is CCCc1nn(C)cc1-c1ccc(Cl)c(C=O)c1. The Kier molecular flexibility index (Phi) is 3.82. The summed E-state index contributed by atoms with van der Waals surface area (Å²) < 4.78 is 1.80. The van der Waals surface area contributed by atoms with E-state index in [2.05, 4.69) is 12.0 Å². The van der Waals surface area contributed by atoms with E-state index in [4.69, 9.17) is 11.6 Å². The highest BCUT2D eigenvalue weighted by Crippen LogP contribution is 2.27. The fourth-order valence-corrected chi connectivity index (χ4v) is 2.16. The Balaban J connectivity index is 2.50. The highest BCUT2D eigenvalue weighted by Gasteiger charge is 2.10. The number of benzene rings is 1. The molecule has 18 heavy (non-hydrogen) atoms. The zero-order valence-corrected chi connectivity index (χ0v) is 11.2. The lowest BCUT2D eigenvalue weighted by molar-refractivity contribution is 0.112.